The van der Waals surface area contributed by atoms with Gasteiger partial charge in [-0.25, -0.2) is 9.37 Å². The zero-order valence-electron chi connectivity index (χ0n) is 6.61. The predicted molar refractivity (Wildman–Crippen MR) is 51.2 cm³/mol. The molecule has 0 unspecified atom stereocenters. The van der Waals surface area contributed by atoms with E-state index in [1.165, 1.54) is 6.07 Å². The summed E-state index contributed by atoms with van der Waals surface area (Å²) in [6, 6.07) is 6.56. The maximum absolute atomic E-state index is 13.2. The summed E-state index contributed by atoms with van der Waals surface area (Å²) in [6.45, 7) is 0. The van der Waals surface area contributed by atoms with Crippen molar-refractivity contribution in [3.63, 3.8) is 0 Å². The molecule has 0 saturated carbocycles. The Morgan fingerprint density at radius 1 is 1.31 bits per heavy atom. The molecule has 2 rings (SSSR count). The van der Waals surface area contributed by atoms with Crippen molar-refractivity contribution in [1.82, 2.24) is 9.55 Å². The molecular weight excluding hydrogens is 235 g/mol. The van der Waals surface area contributed by atoms with E-state index in [9.17, 15) is 4.39 Å². The Balaban J connectivity index is 2.52. The van der Waals surface area contributed by atoms with Gasteiger partial charge in [-0.05, 0) is 28.1 Å². The second-order valence-corrected chi connectivity index (χ2v) is 3.37. The fraction of sp³-hybridized carbons (Fsp3) is 0. The SMILES string of the molecule is Fc1ccccc1-n1cnc(Br)c1. The van der Waals surface area contributed by atoms with E-state index >= 15 is 0 Å². The molecule has 2 nitrogen and oxygen atoms in total. The van der Waals surface area contributed by atoms with E-state index in [4.69, 9.17) is 0 Å². The van der Waals surface area contributed by atoms with Crippen LogP contribution in [-0.4, -0.2) is 9.55 Å². The van der Waals surface area contributed by atoms with Gasteiger partial charge in [0, 0.05) is 6.20 Å². The van der Waals surface area contributed by atoms with Gasteiger partial charge >= 0.3 is 0 Å². The molecule has 1 heterocycles. The zero-order valence-corrected chi connectivity index (χ0v) is 8.20. The Hall–Kier alpha value is -1.16. The lowest BCUT2D eigenvalue weighted by molar-refractivity contribution is 0.618. The molecule has 1 aromatic carbocycles. The molecule has 1 aromatic heterocycles. The lowest BCUT2D eigenvalue weighted by Gasteiger charge is -2.01. The minimum Gasteiger partial charge on any atom is -0.302 e. The Labute approximate surface area is 83.2 Å². The molecule has 0 amide bonds. The Morgan fingerprint density at radius 3 is 2.69 bits per heavy atom. The molecule has 0 bridgehead atoms. The molecule has 4 heteroatoms. The van der Waals surface area contributed by atoms with Gasteiger partial charge in [0.25, 0.3) is 0 Å². The summed E-state index contributed by atoms with van der Waals surface area (Å²) in [5.74, 6) is -0.257. The lowest BCUT2D eigenvalue weighted by Crippen LogP contribution is -1.93. The van der Waals surface area contributed by atoms with E-state index in [1.807, 2.05) is 0 Å². The quantitative estimate of drug-likeness (QED) is 0.750. The largest absolute Gasteiger partial charge is 0.302 e. The summed E-state index contributed by atoms with van der Waals surface area (Å²) in [6.07, 6.45) is 3.26. The van der Waals surface area contributed by atoms with E-state index in [1.54, 1.807) is 35.3 Å². The molecule has 66 valence electrons. The average Bonchev–Trinajstić information content (AvgIpc) is 2.53. The number of benzene rings is 1. The molecule has 0 aliphatic rings. The van der Waals surface area contributed by atoms with Crippen LogP contribution in [0.1, 0.15) is 0 Å². The van der Waals surface area contributed by atoms with Crippen molar-refractivity contribution in [2.45, 2.75) is 0 Å². The van der Waals surface area contributed by atoms with Crippen LogP contribution < -0.4 is 0 Å². The molecule has 0 aliphatic carbocycles. The minimum atomic E-state index is -0.257. The lowest BCUT2D eigenvalue weighted by atomic mass is 10.3. The fourth-order valence-corrected chi connectivity index (χ4v) is 1.40. The number of aromatic nitrogens is 2. The van der Waals surface area contributed by atoms with Gasteiger partial charge in [-0.3, -0.25) is 0 Å². The van der Waals surface area contributed by atoms with Crippen LogP contribution in [0.3, 0.4) is 0 Å². The van der Waals surface area contributed by atoms with Gasteiger partial charge < -0.3 is 4.57 Å². The molecular formula is C9H6BrFN2. The second-order valence-electron chi connectivity index (χ2n) is 2.56. The van der Waals surface area contributed by atoms with Crippen LogP contribution in [0.5, 0.6) is 0 Å². The number of para-hydroxylation sites is 1. The van der Waals surface area contributed by atoms with Crippen molar-refractivity contribution in [3.8, 4) is 5.69 Å². The van der Waals surface area contributed by atoms with Gasteiger partial charge in [0.15, 0.2) is 0 Å². The summed E-state index contributed by atoms with van der Waals surface area (Å²) >= 11 is 3.20. The van der Waals surface area contributed by atoms with Crippen LogP contribution in [0, 0.1) is 5.82 Å². The number of rotatable bonds is 1. The first-order valence-electron chi connectivity index (χ1n) is 3.72. The van der Waals surface area contributed by atoms with E-state index in [0.29, 0.717) is 10.3 Å². The van der Waals surface area contributed by atoms with Crippen molar-refractivity contribution < 1.29 is 4.39 Å². The van der Waals surface area contributed by atoms with Crippen molar-refractivity contribution in [2.24, 2.45) is 0 Å². The highest BCUT2D eigenvalue weighted by Crippen LogP contribution is 2.14. The summed E-state index contributed by atoms with van der Waals surface area (Å²) < 4.78 is 15.5. The van der Waals surface area contributed by atoms with Gasteiger partial charge in [0.05, 0.1) is 5.69 Å². The molecule has 2 aromatic rings. The van der Waals surface area contributed by atoms with Crippen LogP contribution in [0.25, 0.3) is 5.69 Å². The van der Waals surface area contributed by atoms with Crippen LogP contribution in [0.4, 0.5) is 4.39 Å². The van der Waals surface area contributed by atoms with E-state index < -0.39 is 0 Å². The summed E-state index contributed by atoms with van der Waals surface area (Å²) in [4.78, 5) is 3.95. The predicted octanol–water partition coefficient (Wildman–Crippen LogP) is 2.77. The molecule has 13 heavy (non-hydrogen) atoms. The standard InChI is InChI=1S/C9H6BrFN2/c10-9-5-13(6-12-9)8-4-2-1-3-7(8)11/h1-6H. The highest BCUT2D eigenvalue weighted by molar-refractivity contribution is 9.10. The first kappa shape index (κ1) is 8.44. The summed E-state index contributed by atoms with van der Waals surface area (Å²) in [5.41, 5.74) is 0.501. The maximum Gasteiger partial charge on any atom is 0.147 e. The Bertz CT molecular complexity index is 425. The third-order valence-electron chi connectivity index (χ3n) is 1.68. The third kappa shape index (κ3) is 1.62. The topological polar surface area (TPSA) is 17.8 Å². The third-order valence-corrected chi connectivity index (χ3v) is 2.09. The number of halogens is 2. The van der Waals surface area contributed by atoms with Crippen molar-refractivity contribution in [1.29, 1.82) is 0 Å². The zero-order chi connectivity index (χ0) is 9.26. The second kappa shape index (κ2) is 3.30. The first-order chi connectivity index (χ1) is 6.27. The van der Waals surface area contributed by atoms with Crippen molar-refractivity contribution in [2.75, 3.05) is 0 Å². The van der Waals surface area contributed by atoms with Crippen LogP contribution in [-0.2, 0) is 0 Å². The van der Waals surface area contributed by atoms with Crippen molar-refractivity contribution in [3.05, 3.63) is 47.2 Å². The molecule has 0 radical (unpaired) electrons. The molecule has 0 atom stereocenters. The normalized spacial score (nSPS) is 10.3. The monoisotopic (exact) mass is 240 g/mol. The molecule has 0 saturated heterocycles. The van der Waals surface area contributed by atoms with Crippen LogP contribution in [0.2, 0.25) is 0 Å². The molecule has 0 spiro atoms. The van der Waals surface area contributed by atoms with Crippen LogP contribution >= 0.6 is 15.9 Å². The van der Waals surface area contributed by atoms with Crippen molar-refractivity contribution >= 4 is 15.9 Å². The maximum atomic E-state index is 13.2. The average molecular weight is 241 g/mol. The summed E-state index contributed by atoms with van der Waals surface area (Å²) in [7, 11) is 0. The van der Waals surface area contributed by atoms with Gasteiger partial charge in [-0.15, -0.1) is 0 Å². The molecule has 0 fully saturated rings. The van der Waals surface area contributed by atoms with Gasteiger partial charge in [0.1, 0.15) is 16.7 Å². The summed E-state index contributed by atoms with van der Waals surface area (Å²) in [5, 5.41) is 0. The Kier molecular flexibility index (Phi) is 2.14. The first-order valence-corrected chi connectivity index (χ1v) is 4.51. The van der Waals surface area contributed by atoms with Gasteiger partial charge in [-0.2, -0.15) is 0 Å². The van der Waals surface area contributed by atoms with E-state index in [-0.39, 0.29) is 5.82 Å². The van der Waals surface area contributed by atoms with Gasteiger partial charge in [0.2, 0.25) is 0 Å². The van der Waals surface area contributed by atoms with E-state index in [2.05, 4.69) is 20.9 Å². The smallest absolute Gasteiger partial charge is 0.147 e. The number of imidazole rings is 1. The molecule has 0 N–H and O–H groups in total. The Morgan fingerprint density at radius 2 is 2.08 bits per heavy atom. The van der Waals surface area contributed by atoms with Crippen LogP contribution in [0.15, 0.2) is 41.4 Å². The van der Waals surface area contributed by atoms with E-state index in [0.717, 1.165) is 0 Å². The number of hydrogen-bond donors (Lipinski definition) is 0. The number of nitrogens with zero attached hydrogens (tertiary/aromatic N) is 2. The highest BCUT2D eigenvalue weighted by atomic mass is 79.9. The fourth-order valence-electron chi connectivity index (χ4n) is 1.09. The number of hydrogen-bond acceptors (Lipinski definition) is 1. The highest BCUT2D eigenvalue weighted by Gasteiger charge is 2.02. The van der Waals surface area contributed by atoms with Gasteiger partial charge in [-0.1, -0.05) is 12.1 Å². The molecule has 0 aliphatic heterocycles. The minimum absolute atomic E-state index is 0.257.